The lowest BCUT2D eigenvalue weighted by Gasteiger charge is -2.40. The molecule has 0 aliphatic heterocycles. The fourth-order valence-corrected chi connectivity index (χ4v) is 3.62. The molecule has 0 aromatic rings. The van der Waals surface area contributed by atoms with E-state index in [9.17, 15) is 0 Å². The molecule has 1 saturated carbocycles. The molecule has 17 heavy (non-hydrogen) atoms. The third kappa shape index (κ3) is 5.62. The number of rotatable bonds is 8. The molecule has 0 heterocycles. The summed E-state index contributed by atoms with van der Waals surface area (Å²) in [5, 5.41) is 3.42. The molecule has 1 aliphatic rings. The topological polar surface area (TPSA) is 15.3 Å². The largest absolute Gasteiger partial charge is 0.319 e. The summed E-state index contributed by atoms with van der Waals surface area (Å²) in [6, 6.07) is 0. The second-order valence-corrected chi connectivity index (χ2v) is 6.66. The summed E-state index contributed by atoms with van der Waals surface area (Å²) < 4.78 is 0. The molecule has 0 aromatic carbocycles. The van der Waals surface area contributed by atoms with Gasteiger partial charge >= 0.3 is 0 Å². The molecular weight excluding hydrogens is 228 g/mol. The Bertz CT molecular complexity index is 185. The van der Waals surface area contributed by atoms with Crippen molar-refractivity contribution >= 4 is 11.8 Å². The standard InChI is InChI=1S/C14H30N2S/c1-15-12-14(8-5-4-6-9-14)13-16(2)10-7-11-17-3/h15H,4-13H2,1-3H3. The highest BCUT2D eigenvalue weighted by Gasteiger charge is 2.32. The van der Waals surface area contributed by atoms with Crippen molar-refractivity contribution in [3.05, 3.63) is 0 Å². The zero-order valence-corrected chi connectivity index (χ0v) is 12.7. The van der Waals surface area contributed by atoms with Crippen molar-refractivity contribution in [1.29, 1.82) is 0 Å². The van der Waals surface area contributed by atoms with Gasteiger partial charge in [-0.1, -0.05) is 19.3 Å². The van der Waals surface area contributed by atoms with Crippen LogP contribution in [0, 0.1) is 5.41 Å². The fraction of sp³-hybridized carbons (Fsp3) is 1.00. The molecule has 0 unspecified atom stereocenters. The molecule has 0 aromatic heterocycles. The van der Waals surface area contributed by atoms with Crippen molar-refractivity contribution < 1.29 is 0 Å². The molecule has 0 spiro atoms. The van der Waals surface area contributed by atoms with E-state index >= 15 is 0 Å². The van der Waals surface area contributed by atoms with E-state index in [1.165, 1.54) is 63.9 Å². The Balaban J connectivity index is 2.36. The minimum Gasteiger partial charge on any atom is -0.319 e. The van der Waals surface area contributed by atoms with E-state index < -0.39 is 0 Å². The zero-order valence-electron chi connectivity index (χ0n) is 11.9. The first-order valence-electron chi connectivity index (χ1n) is 7.04. The molecule has 102 valence electrons. The molecular formula is C14H30N2S. The average molecular weight is 258 g/mol. The SMILES string of the molecule is CNCC1(CN(C)CCCSC)CCCCC1. The van der Waals surface area contributed by atoms with Gasteiger partial charge in [-0.2, -0.15) is 11.8 Å². The summed E-state index contributed by atoms with van der Waals surface area (Å²) >= 11 is 1.96. The maximum absolute atomic E-state index is 3.42. The first-order chi connectivity index (χ1) is 8.22. The van der Waals surface area contributed by atoms with Crippen LogP contribution in [0.15, 0.2) is 0 Å². The summed E-state index contributed by atoms with van der Waals surface area (Å²) in [6.07, 6.45) is 10.7. The average Bonchev–Trinajstić information content (AvgIpc) is 2.30. The van der Waals surface area contributed by atoms with E-state index in [2.05, 4.69) is 30.6 Å². The lowest BCUT2D eigenvalue weighted by Crippen LogP contribution is -2.43. The van der Waals surface area contributed by atoms with Gasteiger partial charge in [0.25, 0.3) is 0 Å². The van der Waals surface area contributed by atoms with Gasteiger partial charge in [-0.15, -0.1) is 0 Å². The Morgan fingerprint density at radius 1 is 1.24 bits per heavy atom. The van der Waals surface area contributed by atoms with Crippen LogP contribution >= 0.6 is 11.8 Å². The third-order valence-electron chi connectivity index (χ3n) is 3.96. The minimum atomic E-state index is 0.557. The summed E-state index contributed by atoms with van der Waals surface area (Å²) in [6.45, 7) is 3.73. The quantitative estimate of drug-likeness (QED) is 0.674. The van der Waals surface area contributed by atoms with Crippen LogP contribution in [0.2, 0.25) is 0 Å². The maximum Gasteiger partial charge on any atom is 0.00471 e. The van der Waals surface area contributed by atoms with Crippen LogP contribution < -0.4 is 5.32 Å². The number of hydrogen-bond donors (Lipinski definition) is 1. The van der Waals surface area contributed by atoms with Crippen LogP contribution in [0.3, 0.4) is 0 Å². The van der Waals surface area contributed by atoms with Gasteiger partial charge in [0, 0.05) is 13.1 Å². The maximum atomic E-state index is 3.42. The molecule has 2 nitrogen and oxygen atoms in total. The van der Waals surface area contributed by atoms with E-state index in [-0.39, 0.29) is 0 Å². The van der Waals surface area contributed by atoms with Gasteiger partial charge in [0.15, 0.2) is 0 Å². The number of thioether (sulfide) groups is 1. The first kappa shape index (κ1) is 15.3. The summed E-state index contributed by atoms with van der Waals surface area (Å²) in [7, 11) is 4.40. The smallest absolute Gasteiger partial charge is 0.00471 e. The molecule has 0 radical (unpaired) electrons. The number of nitrogens with zero attached hydrogens (tertiary/aromatic N) is 1. The van der Waals surface area contributed by atoms with Gasteiger partial charge in [-0.05, 0) is 57.3 Å². The van der Waals surface area contributed by atoms with E-state index in [0.29, 0.717) is 5.41 Å². The van der Waals surface area contributed by atoms with Crippen LogP contribution in [-0.2, 0) is 0 Å². The normalized spacial score (nSPS) is 19.8. The molecule has 1 fully saturated rings. The first-order valence-corrected chi connectivity index (χ1v) is 8.44. The highest BCUT2D eigenvalue weighted by atomic mass is 32.2. The van der Waals surface area contributed by atoms with E-state index in [1.807, 2.05) is 11.8 Å². The predicted octanol–water partition coefficient (Wildman–Crippen LogP) is 2.84. The molecule has 1 rings (SSSR count). The molecule has 1 N–H and O–H groups in total. The van der Waals surface area contributed by atoms with Crippen molar-refractivity contribution in [1.82, 2.24) is 10.2 Å². The third-order valence-corrected chi connectivity index (χ3v) is 4.66. The number of nitrogens with one attached hydrogen (secondary N) is 1. The molecule has 3 heteroatoms. The second-order valence-electron chi connectivity index (χ2n) is 5.68. The molecule has 1 aliphatic carbocycles. The fourth-order valence-electron chi connectivity index (χ4n) is 3.20. The van der Waals surface area contributed by atoms with Gasteiger partial charge in [-0.25, -0.2) is 0 Å². The van der Waals surface area contributed by atoms with Gasteiger partial charge in [0.1, 0.15) is 0 Å². The molecule has 0 saturated heterocycles. The van der Waals surface area contributed by atoms with E-state index in [0.717, 1.165) is 0 Å². The van der Waals surface area contributed by atoms with Crippen molar-refractivity contribution in [3.8, 4) is 0 Å². The Hall–Kier alpha value is 0.270. The van der Waals surface area contributed by atoms with E-state index in [1.54, 1.807) is 0 Å². The van der Waals surface area contributed by atoms with Crippen molar-refractivity contribution in [2.45, 2.75) is 38.5 Å². The van der Waals surface area contributed by atoms with Crippen LogP contribution in [-0.4, -0.2) is 50.6 Å². The van der Waals surface area contributed by atoms with Crippen LogP contribution in [0.25, 0.3) is 0 Å². The van der Waals surface area contributed by atoms with Crippen molar-refractivity contribution in [2.75, 3.05) is 45.7 Å². The van der Waals surface area contributed by atoms with Gasteiger partial charge in [0.05, 0.1) is 0 Å². The molecule has 0 atom stereocenters. The Morgan fingerprint density at radius 2 is 1.94 bits per heavy atom. The Morgan fingerprint density at radius 3 is 2.53 bits per heavy atom. The molecule has 0 bridgehead atoms. The summed E-state index contributed by atoms with van der Waals surface area (Å²) in [4.78, 5) is 2.55. The van der Waals surface area contributed by atoms with Crippen LogP contribution in [0.4, 0.5) is 0 Å². The zero-order chi connectivity index (χ0) is 12.6. The highest BCUT2D eigenvalue weighted by molar-refractivity contribution is 7.98. The van der Waals surface area contributed by atoms with E-state index in [4.69, 9.17) is 0 Å². The van der Waals surface area contributed by atoms with Crippen LogP contribution in [0.5, 0.6) is 0 Å². The monoisotopic (exact) mass is 258 g/mol. The Labute approximate surface area is 112 Å². The summed E-state index contributed by atoms with van der Waals surface area (Å²) in [5.41, 5.74) is 0.557. The lowest BCUT2D eigenvalue weighted by atomic mass is 9.73. The van der Waals surface area contributed by atoms with Gasteiger partial charge in [0.2, 0.25) is 0 Å². The van der Waals surface area contributed by atoms with Crippen molar-refractivity contribution in [2.24, 2.45) is 5.41 Å². The van der Waals surface area contributed by atoms with Crippen LogP contribution in [0.1, 0.15) is 38.5 Å². The minimum absolute atomic E-state index is 0.557. The predicted molar refractivity (Wildman–Crippen MR) is 79.9 cm³/mol. The van der Waals surface area contributed by atoms with Gasteiger partial charge in [-0.3, -0.25) is 0 Å². The number of hydrogen-bond acceptors (Lipinski definition) is 3. The van der Waals surface area contributed by atoms with Crippen molar-refractivity contribution in [3.63, 3.8) is 0 Å². The lowest BCUT2D eigenvalue weighted by molar-refractivity contribution is 0.120. The molecule has 0 amide bonds. The Kier molecular flexibility index (Phi) is 7.56. The summed E-state index contributed by atoms with van der Waals surface area (Å²) in [5.74, 6) is 1.30. The second kappa shape index (κ2) is 8.39. The highest BCUT2D eigenvalue weighted by Crippen LogP contribution is 2.36. The van der Waals surface area contributed by atoms with Gasteiger partial charge < -0.3 is 10.2 Å².